The van der Waals surface area contributed by atoms with Crippen molar-refractivity contribution in [1.82, 2.24) is 19.9 Å². The minimum atomic E-state index is -0.167. The third kappa shape index (κ3) is 2.95. The highest BCUT2D eigenvalue weighted by molar-refractivity contribution is 5.94. The maximum Gasteiger partial charge on any atom is 0.253 e. The summed E-state index contributed by atoms with van der Waals surface area (Å²) in [5.41, 5.74) is 2.55. The number of rotatable bonds is 4. The number of aryl methyl sites for hydroxylation is 1. The number of fused-ring (bicyclic) bond motifs is 1. The first-order valence-electron chi connectivity index (χ1n) is 7.70. The van der Waals surface area contributed by atoms with Crippen LogP contribution in [0.4, 0.5) is 0 Å². The van der Waals surface area contributed by atoms with Crippen LogP contribution in [-0.2, 0) is 7.05 Å². The van der Waals surface area contributed by atoms with E-state index >= 15 is 0 Å². The van der Waals surface area contributed by atoms with E-state index < -0.39 is 0 Å². The molecule has 0 aliphatic carbocycles. The molecular weight excluding hydrogens is 288 g/mol. The Kier molecular flexibility index (Phi) is 4.10. The summed E-state index contributed by atoms with van der Waals surface area (Å²) < 4.78 is 2.05. The molecule has 0 spiro atoms. The maximum atomic E-state index is 12.5. The number of hydrogen-bond acceptors (Lipinski definition) is 3. The van der Waals surface area contributed by atoms with Crippen LogP contribution in [0.25, 0.3) is 11.0 Å². The van der Waals surface area contributed by atoms with Crippen LogP contribution in [0.5, 0.6) is 0 Å². The lowest BCUT2D eigenvalue weighted by molar-refractivity contribution is 0.0922. The normalized spacial score (nSPS) is 12.5. The van der Waals surface area contributed by atoms with E-state index in [4.69, 9.17) is 4.98 Å². The third-order valence-electron chi connectivity index (χ3n) is 3.98. The zero-order chi connectivity index (χ0) is 16.4. The highest BCUT2D eigenvalue weighted by Gasteiger charge is 2.24. The first-order valence-corrected chi connectivity index (χ1v) is 7.70. The predicted octanol–water partition coefficient (Wildman–Crippen LogP) is 3.10. The predicted molar refractivity (Wildman–Crippen MR) is 90.0 cm³/mol. The molecular formula is C18H20N4O. The topological polar surface area (TPSA) is 59.8 Å². The Morgan fingerprint density at radius 2 is 1.96 bits per heavy atom. The molecule has 23 heavy (non-hydrogen) atoms. The van der Waals surface area contributed by atoms with Crippen LogP contribution in [0, 0.1) is 5.92 Å². The molecule has 0 aliphatic heterocycles. The smallest absolute Gasteiger partial charge is 0.253 e. The van der Waals surface area contributed by atoms with Crippen molar-refractivity contribution in [2.24, 2.45) is 13.0 Å². The standard InChI is InChI=1S/C18H20N4O/c1-12(2)16(21-18(23)13-7-6-10-19-11-13)17-20-14-8-4-5-9-15(14)22(17)3/h4-12,16H,1-3H3,(H,21,23)/t16-/m1/s1. The van der Waals surface area contributed by atoms with Gasteiger partial charge >= 0.3 is 0 Å². The fourth-order valence-corrected chi connectivity index (χ4v) is 2.69. The summed E-state index contributed by atoms with van der Waals surface area (Å²) in [5, 5.41) is 3.09. The van der Waals surface area contributed by atoms with Gasteiger partial charge in [-0.25, -0.2) is 4.98 Å². The van der Waals surface area contributed by atoms with Crippen molar-refractivity contribution in [2.75, 3.05) is 0 Å². The molecule has 2 heterocycles. The monoisotopic (exact) mass is 308 g/mol. The van der Waals surface area contributed by atoms with Gasteiger partial charge in [-0.2, -0.15) is 0 Å². The molecule has 1 N–H and O–H groups in total. The van der Waals surface area contributed by atoms with Crippen LogP contribution in [0.3, 0.4) is 0 Å². The maximum absolute atomic E-state index is 12.5. The molecule has 0 radical (unpaired) electrons. The van der Waals surface area contributed by atoms with Crippen molar-refractivity contribution in [3.63, 3.8) is 0 Å². The second-order valence-electron chi connectivity index (χ2n) is 5.95. The highest BCUT2D eigenvalue weighted by atomic mass is 16.1. The van der Waals surface area contributed by atoms with Crippen molar-refractivity contribution < 1.29 is 4.79 Å². The van der Waals surface area contributed by atoms with Gasteiger partial charge in [0.15, 0.2) is 0 Å². The number of aromatic nitrogens is 3. The molecule has 0 fully saturated rings. The molecule has 3 rings (SSSR count). The number of para-hydroxylation sites is 2. The number of hydrogen-bond donors (Lipinski definition) is 1. The quantitative estimate of drug-likeness (QED) is 0.805. The molecule has 0 saturated carbocycles. The second kappa shape index (κ2) is 6.20. The minimum Gasteiger partial charge on any atom is -0.342 e. The molecule has 1 amide bonds. The Morgan fingerprint density at radius 1 is 1.17 bits per heavy atom. The van der Waals surface area contributed by atoms with E-state index in [-0.39, 0.29) is 17.9 Å². The molecule has 5 nitrogen and oxygen atoms in total. The summed E-state index contributed by atoms with van der Waals surface area (Å²) in [6, 6.07) is 11.3. The minimum absolute atomic E-state index is 0.135. The van der Waals surface area contributed by atoms with E-state index in [0.29, 0.717) is 5.56 Å². The number of imidazole rings is 1. The number of benzene rings is 1. The Bertz CT molecular complexity index is 823. The van der Waals surface area contributed by atoms with Gasteiger partial charge in [0, 0.05) is 19.4 Å². The number of carbonyl (C=O) groups is 1. The second-order valence-corrected chi connectivity index (χ2v) is 5.95. The Hall–Kier alpha value is -2.69. The van der Waals surface area contributed by atoms with E-state index in [1.165, 1.54) is 0 Å². The van der Waals surface area contributed by atoms with Crippen LogP contribution in [0.2, 0.25) is 0 Å². The van der Waals surface area contributed by atoms with Crippen molar-refractivity contribution in [3.8, 4) is 0 Å². The van der Waals surface area contributed by atoms with Crippen LogP contribution in [-0.4, -0.2) is 20.4 Å². The first kappa shape index (κ1) is 15.2. The molecule has 118 valence electrons. The average molecular weight is 308 g/mol. The number of carbonyl (C=O) groups excluding carboxylic acids is 1. The van der Waals surface area contributed by atoms with E-state index in [0.717, 1.165) is 16.9 Å². The lowest BCUT2D eigenvalue weighted by Crippen LogP contribution is -2.33. The molecule has 0 unspecified atom stereocenters. The number of nitrogens with one attached hydrogen (secondary N) is 1. The summed E-state index contributed by atoms with van der Waals surface area (Å²) in [6.07, 6.45) is 3.23. The fourth-order valence-electron chi connectivity index (χ4n) is 2.69. The largest absolute Gasteiger partial charge is 0.342 e. The molecule has 1 atom stereocenters. The first-order chi connectivity index (χ1) is 11.1. The van der Waals surface area contributed by atoms with Crippen molar-refractivity contribution >= 4 is 16.9 Å². The Morgan fingerprint density at radius 3 is 2.61 bits per heavy atom. The highest BCUT2D eigenvalue weighted by Crippen LogP contribution is 2.25. The van der Waals surface area contributed by atoms with E-state index in [9.17, 15) is 4.79 Å². The van der Waals surface area contributed by atoms with Crippen molar-refractivity contribution in [2.45, 2.75) is 19.9 Å². The summed E-state index contributed by atoms with van der Waals surface area (Å²) in [7, 11) is 1.98. The van der Waals surface area contributed by atoms with E-state index in [2.05, 4.69) is 24.1 Å². The van der Waals surface area contributed by atoms with E-state index in [1.54, 1.807) is 24.5 Å². The molecule has 0 aliphatic rings. The Balaban J connectivity index is 1.95. The van der Waals surface area contributed by atoms with Gasteiger partial charge < -0.3 is 9.88 Å². The number of nitrogens with zero attached hydrogens (tertiary/aromatic N) is 3. The summed E-state index contributed by atoms with van der Waals surface area (Å²) in [5.74, 6) is 0.938. The van der Waals surface area contributed by atoms with Crippen LogP contribution in [0.1, 0.15) is 36.1 Å². The van der Waals surface area contributed by atoms with Crippen LogP contribution >= 0.6 is 0 Å². The van der Waals surface area contributed by atoms with Gasteiger partial charge in [0.1, 0.15) is 5.82 Å². The summed E-state index contributed by atoms with van der Waals surface area (Å²) >= 11 is 0. The molecule has 0 saturated heterocycles. The molecule has 5 heteroatoms. The fraction of sp³-hybridized carbons (Fsp3) is 0.278. The van der Waals surface area contributed by atoms with Crippen molar-refractivity contribution in [1.29, 1.82) is 0 Å². The molecule has 0 bridgehead atoms. The molecule has 1 aromatic carbocycles. The molecule has 3 aromatic rings. The lowest BCUT2D eigenvalue weighted by Gasteiger charge is -2.22. The molecule has 2 aromatic heterocycles. The van der Waals surface area contributed by atoms with Gasteiger partial charge in [-0.15, -0.1) is 0 Å². The average Bonchev–Trinajstić information content (AvgIpc) is 2.90. The van der Waals surface area contributed by atoms with E-state index in [1.807, 2.05) is 35.9 Å². The SMILES string of the molecule is CC(C)[C@@H](NC(=O)c1cccnc1)c1nc2ccccc2n1C. The van der Waals surface area contributed by atoms with Crippen LogP contribution < -0.4 is 5.32 Å². The van der Waals surface area contributed by atoms with Gasteiger partial charge in [0.25, 0.3) is 5.91 Å². The van der Waals surface area contributed by atoms with Crippen molar-refractivity contribution in [3.05, 3.63) is 60.2 Å². The van der Waals surface area contributed by atoms with Gasteiger partial charge in [-0.1, -0.05) is 26.0 Å². The summed E-state index contributed by atoms with van der Waals surface area (Å²) in [4.78, 5) is 21.2. The van der Waals surface area contributed by atoms with Gasteiger partial charge in [0.2, 0.25) is 0 Å². The van der Waals surface area contributed by atoms with Gasteiger partial charge in [0.05, 0.1) is 22.6 Å². The number of pyridine rings is 1. The summed E-state index contributed by atoms with van der Waals surface area (Å²) in [6.45, 7) is 4.15. The number of amides is 1. The Labute approximate surface area is 135 Å². The van der Waals surface area contributed by atoms with Gasteiger partial charge in [-0.05, 0) is 30.2 Å². The lowest BCUT2D eigenvalue weighted by atomic mass is 10.0. The van der Waals surface area contributed by atoms with Crippen LogP contribution in [0.15, 0.2) is 48.8 Å². The third-order valence-corrected chi connectivity index (χ3v) is 3.98. The zero-order valence-corrected chi connectivity index (χ0v) is 13.5. The zero-order valence-electron chi connectivity index (χ0n) is 13.5. The van der Waals surface area contributed by atoms with Gasteiger partial charge in [-0.3, -0.25) is 9.78 Å².